The number of hydrogen-bond acceptors (Lipinski definition) is 5. The Bertz CT molecular complexity index is 729. The fraction of sp³-hybridized carbons (Fsp3) is 0.294. The van der Waals surface area contributed by atoms with Crippen LogP contribution in [0.1, 0.15) is 19.4 Å². The van der Waals surface area contributed by atoms with Crippen LogP contribution in [0.15, 0.2) is 42.5 Å². The molecule has 2 rings (SSSR count). The van der Waals surface area contributed by atoms with Crippen LogP contribution in [0.25, 0.3) is 0 Å². The number of para-hydroxylation sites is 1. The minimum atomic E-state index is -0.848. The van der Waals surface area contributed by atoms with Crippen LogP contribution in [0.5, 0.6) is 11.5 Å². The van der Waals surface area contributed by atoms with E-state index >= 15 is 0 Å². The SMILES string of the molecule is CC(C)(O)CNCc1ccc(Oc2ccccc2Cl)c([N+](=O)[O-])c1. The molecule has 0 unspecified atom stereocenters. The van der Waals surface area contributed by atoms with Crippen LogP contribution in [0.2, 0.25) is 5.02 Å². The molecular formula is C17H19ClN2O4. The lowest BCUT2D eigenvalue weighted by atomic mass is 10.1. The molecule has 2 N–H and O–H groups in total. The maximum absolute atomic E-state index is 11.3. The van der Waals surface area contributed by atoms with Gasteiger partial charge in [-0.15, -0.1) is 0 Å². The summed E-state index contributed by atoms with van der Waals surface area (Å²) in [5.74, 6) is 0.481. The molecule has 0 heterocycles. The average Bonchev–Trinajstić information content (AvgIpc) is 2.49. The molecule has 0 bridgehead atoms. The summed E-state index contributed by atoms with van der Waals surface area (Å²) >= 11 is 6.02. The standard InChI is InChI=1S/C17H19ClN2O4/c1-17(2,21)11-19-10-12-7-8-16(14(9-12)20(22)23)24-15-6-4-3-5-13(15)18/h3-9,19,21H,10-11H2,1-2H3. The largest absolute Gasteiger partial charge is 0.449 e. The zero-order valence-corrected chi connectivity index (χ0v) is 14.2. The van der Waals surface area contributed by atoms with Crippen molar-refractivity contribution in [1.82, 2.24) is 5.32 Å². The van der Waals surface area contributed by atoms with Gasteiger partial charge >= 0.3 is 5.69 Å². The summed E-state index contributed by atoms with van der Waals surface area (Å²) in [6.07, 6.45) is 0. The zero-order chi connectivity index (χ0) is 17.7. The van der Waals surface area contributed by atoms with Crippen LogP contribution in [0.3, 0.4) is 0 Å². The summed E-state index contributed by atoms with van der Waals surface area (Å²) in [6, 6.07) is 11.5. The first-order chi connectivity index (χ1) is 11.3. The first-order valence-electron chi connectivity index (χ1n) is 7.39. The summed E-state index contributed by atoms with van der Waals surface area (Å²) < 4.78 is 5.58. The Labute approximate surface area is 145 Å². The highest BCUT2D eigenvalue weighted by Crippen LogP contribution is 2.35. The van der Waals surface area contributed by atoms with Gasteiger partial charge in [-0.05, 0) is 37.6 Å². The van der Waals surface area contributed by atoms with Crippen molar-refractivity contribution in [2.45, 2.75) is 26.0 Å². The van der Waals surface area contributed by atoms with Gasteiger partial charge in [0, 0.05) is 19.2 Å². The number of nitro benzene ring substituents is 1. The van der Waals surface area contributed by atoms with Crippen molar-refractivity contribution in [2.24, 2.45) is 0 Å². The minimum absolute atomic E-state index is 0.124. The minimum Gasteiger partial charge on any atom is -0.449 e. The molecule has 0 amide bonds. The quantitative estimate of drug-likeness (QED) is 0.584. The Hall–Kier alpha value is -2.15. The van der Waals surface area contributed by atoms with E-state index < -0.39 is 10.5 Å². The molecule has 0 aliphatic carbocycles. The lowest BCUT2D eigenvalue weighted by Crippen LogP contribution is -2.34. The number of aliphatic hydroxyl groups is 1. The summed E-state index contributed by atoms with van der Waals surface area (Å²) in [4.78, 5) is 10.8. The third-order valence-corrected chi connectivity index (χ3v) is 3.48. The lowest BCUT2D eigenvalue weighted by molar-refractivity contribution is -0.385. The molecule has 6 nitrogen and oxygen atoms in total. The number of ether oxygens (including phenoxy) is 1. The number of hydrogen-bond donors (Lipinski definition) is 2. The molecule has 2 aromatic carbocycles. The van der Waals surface area contributed by atoms with Crippen molar-refractivity contribution in [3.8, 4) is 11.5 Å². The Balaban J connectivity index is 2.18. The fourth-order valence-electron chi connectivity index (χ4n) is 2.06. The molecule has 0 atom stereocenters. The zero-order valence-electron chi connectivity index (χ0n) is 13.5. The lowest BCUT2D eigenvalue weighted by Gasteiger charge is -2.17. The number of nitrogens with one attached hydrogen (secondary N) is 1. The first-order valence-corrected chi connectivity index (χ1v) is 7.77. The molecule has 0 aliphatic heterocycles. The van der Waals surface area contributed by atoms with E-state index in [9.17, 15) is 15.2 Å². The molecule has 2 aromatic rings. The van der Waals surface area contributed by atoms with E-state index in [1.807, 2.05) is 0 Å². The highest BCUT2D eigenvalue weighted by molar-refractivity contribution is 6.32. The summed E-state index contributed by atoms with van der Waals surface area (Å²) in [5, 5.41) is 24.4. The Morgan fingerprint density at radius 2 is 1.96 bits per heavy atom. The number of benzene rings is 2. The monoisotopic (exact) mass is 350 g/mol. The maximum Gasteiger partial charge on any atom is 0.311 e. The number of rotatable bonds is 7. The fourth-order valence-corrected chi connectivity index (χ4v) is 2.23. The van der Waals surface area contributed by atoms with Crippen LogP contribution in [-0.2, 0) is 6.54 Å². The van der Waals surface area contributed by atoms with Crippen LogP contribution >= 0.6 is 11.6 Å². The molecule has 0 radical (unpaired) electrons. The van der Waals surface area contributed by atoms with Crippen molar-refractivity contribution >= 4 is 17.3 Å². The highest BCUT2D eigenvalue weighted by Gasteiger charge is 2.18. The molecule has 0 saturated carbocycles. The molecule has 0 fully saturated rings. The van der Waals surface area contributed by atoms with Gasteiger partial charge in [0.2, 0.25) is 5.75 Å². The molecule has 0 aromatic heterocycles. The molecule has 7 heteroatoms. The Morgan fingerprint density at radius 1 is 1.25 bits per heavy atom. The predicted octanol–water partition coefficient (Wildman–Crippen LogP) is 3.90. The second kappa shape index (κ2) is 7.61. The van der Waals surface area contributed by atoms with E-state index in [-0.39, 0.29) is 11.4 Å². The van der Waals surface area contributed by atoms with Gasteiger partial charge in [-0.2, -0.15) is 0 Å². The molecular weight excluding hydrogens is 332 g/mol. The Kier molecular flexibility index (Phi) is 5.77. The van der Waals surface area contributed by atoms with Crippen LogP contribution in [0.4, 0.5) is 5.69 Å². The number of nitro groups is 1. The second-order valence-electron chi connectivity index (χ2n) is 6.01. The van der Waals surface area contributed by atoms with Gasteiger partial charge in [0.25, 0.3) is 0 Å². The van der Waals surface area contributed by atoms with Crippen molar-refractivity contribution in [2.75, 3.05) is 6.54 Å². The molecule has 24 heavy (non-hydrogen) atoms. The van der Waals surface area contributed by atoms with E-state index in [1.54, 1.807) is 50.2 Å². The van der Waals surface area contributed by atoms with E-state index in [2.05, 4.69) is 5.32 Å². The predicted molar refractivity (Wildman–Crippen MR) is 92.6 cm³/mol. The van der Waals surface area contributed by atoms with Gasteiger partial charge in [0.05, 0.1) is 15.5 Å². The van der Waals surface area contributed by atoms with E-state index in [4.69, 9.17) is 16.3 Å². The maximum atomic E-state index is 11.3. The summed E-state index contributed by atoms with van der Waals surface area (Å²) in [6.45, 7) is 4.14. The summed E-state index contributed by atoms with van der Waals surface area (Å²) in [7, 11) is 0. The van der Waals surface area contributed by atoms with Crippen molar-refractivity contribution in [1.29, 1.82) is 0 Å². The van der Waals surface area contributed by atoms with E-state index in [1.165, 1.54) is 6.07 Å². The van der Waals surface area contributed by atoms with E-state index in [0.717, 1.165) is 5.56 Å². The van der Waals surface area contributed by atoms with Crippen LogP contribution < -0.4 is 10.1 Å². The van der Waals surface area contributed by atoms with Gasteiger partial charge in [-0.25, -0.2) is 0 Å². The van der Waals surface area contributed by atoms with Crippen molar-refractivity contribution in [3.05, 3.63) is 63.2 Å². The van der Waals surface area contributed by atoms with Gasteiger partial charge in [0.1, 0.15) is 5.75 Å². The van der Waals surface area contributed by atoms with Gasteiger partial charge < -0.3 is 15.2 Å². The van der Waals surface area contributed by atoms with Crippen LogP contribution in [-0.4, -0.2) is 22.2 Å². The molecule has 0 aliphatic rings. The van der Waals surface area contributed by atoms with Gasteiger partial charge in [-0.3, -0.25) is 10.1 Å². The Morgan fingerprint density at radius 3 is 2.58 bits per heavy atom. The third kappa shape index (κ3) is 5.19. The van der Waals surface area contributed by atoms with Gasteiger partial charge in [0.15, 0.2) is 0 Å². The molecule has 0 spiro atoms. The topological polar surface area (TPSA) is 84.6 Å². The molecule has 0 saturated heterocycles. The van der Waals surface area contributed by atoms with Crippen molar-refractivity contribution in [3.63, 3.8) is 0 Å². The van der Waals surface area contributed by atoms with Crippen molar-refractivity contribution < 1.29 is 14.8 Å². The molecule has 128 valence electrons. The van der Waals surface area contributed by atoms with E-state index in [0.29, 0.717) is 23.9 Å². The third-order valence-electron chi connectivity index (χ3n) is 3.16. The van der Waals surface area contributed by atoms with Gasteiger partial charge in [-0.1, -0.05) is 29.8 Å². The van der Waals surface area contributed by atoms with Crippen LogP contribution in [0, 0.1) is 10.1 Å². The smallest absolute Gasteiger partial charge is 0.311 e. The average molecular weight is 351 g/mol. The second-order valence-corrected chi connectivity index (χ2v) is 6.41. The first kappa shape index (κ1) is 18.2. The number of halogens is 1. The number of nitrogens with zero attached hydrogens (tertiary/aromatic N) is 1. The highest BCUT2D eigenvalue weighted by atomic mass is 35.5. The normalized spacial score (nSPS) is 11.3. The summed E-state index contributed by atoms with van der Waals surface area (Å²) in [5.41, 5.74) is -0.270.